The summed E-state index contributed by atoms with van der Waals surface area (Å²) in [7, 11) is 0. The van der Waals surface area contributed by atoms with Crippen LogP contribution in [0.2, 0.25) is 5.02 Å². The molecule has 1 saturated carbocycles. The van der Waals surface area contributed by atoms with E-state index < -0.39 is 11.6 Å². The summed E-state index contributed by atoms with van der Waals surface area (Å²) in [5.74, 6) is 0.304. The van der Waals surface area contributed by atoms with Crippen molar-refractivity contribution in [2.75, 3.05) is 0 Å². The van der Waals surface area contributed by atoms with Crippen LogP contribution in [-0.2, 0) is 0 Å². The highest BCUT2D eigenvalue weighted by atomic mass is 35.5. The fraction of sp³-hybridized carbons (Fsp3) is 0.368. The summed E-state index contributed by atoms with van der Waals surface area (Å²) < 4.78 is 13.7. The van der Waals surface area contributed by atoms with E-state index in [1.165, 1.54) is 37.3 Å². The number of phenols is 1. The van der Waals surface area contributed by atoms with Crippen LogP contribution in [0.5, 0.6) is 5.75 Å². The maximum absolute atomic E-state index is 13.7. The summed E-state index contributed by atoms with van der Waals surface area (Å²) >= 11 is 6.00. The molecule has 0 bridgehead atoms. The summed E-state index contributed by atoms with van der Waals surface area (Å²) in [6.07, 6.45) is 5.08. The van der Waals surface area contributed by atoms with Gasteiger partial charge in [-0.2, -0.15) is 0 Å². The molecule has 0 amide bonds. The Balaban J connectivity index is 1.84. The van der Waals surface area contributed by atoms with Crippen molar-refractivity contribution in [3.63, 3.8) is 0 Å². The van der Waals surface area contributed by atoms with Crippen molar-refractivity contribution in [1.29, 1.82) is 0 Å². The van der Waals surface area contributed by atoms with E-state index in [0.29, 0.717) is 11.5 Å². The average Bonchev–Trinajstić information content (AvgIpc) is 2.54. The number of halogens is 2. The van der Waals surface area contributed by atoms with Crippen LogP contribution in [0.3, 0.4) is 0 Å². The molecular weight excluding hydrogens is 299 g/mol. The van der Waals surface area contributed by atoms with Gasteiger partial charge in [0.1, 0.15) is 0 Å². The van der Waals surface area contributed by atoms with Crippen molar-refractivity contribution in [3.05, 3.63) is 52.8 Å². The summed E-state index contributed by atoms with van der Waals surface area (Å²) in [4.78, 5) is 0. The molecular formula is C19H20ClFO. The van der Waals surface area contributed by atoms with Gasteiger partial charge in [-0.05, 0) is 47.9 Å². The molecule has 1 nitrogen and oxygen atoms in total. The highest BCUT2D eigenvalue weighted by molar-refractivity contribution is 6.33. The van der Waals surface area contributed by atoms with Crippen molar-refractivity contribution >= 4 is 11.6 Å². The van der Waals surface area contributed by atoms with E-state index in [1.807, 2.05) is 12.1 Å². The molecule has 3 heteroatoms. The van der Waals surface area contributed by atoms with Crippen LogP contribution < -0.4 is 0 Å². The first kappa shape index (κ1) is 15.4. The molecule has 0 aliphatic heterocycles. The van der Waals surface area contributed by atoms with Crippen LogP contribution in [-0.4, -0.2) is 5.11 Å². The first-order valence-corrected chi connectivity index (χ1v) is 8.21. The van der Waals surface area contributed by atoms with Crippen molar-refractivity contribution in [2.45, 2.75) is 38.5 Å². The number of benzene rings is 2. The van der Waals surface area contributed by atoms with Gasteiger partial charge in [0, 0.05) is 5.56 Å². The minimum atomic E-state index is -0.760. The van der Waals surface area contributed by atoms with Gasteiger partial charge >= 0.3 is 0 Å². The molecule has 0 spiro atoms. The fourth-order valence-electron chi connectivity index (χ4n) is 3.29. The molecule has 3 rings (SSSR count). The van der Waals surface area contributed by atoms with Crippen molar-refractivity contribution in [1.82, 2.24) is 0 Å². The second-order valence-corrected chi connectivity index (χ2v) is 6.72. The topological polar surface area (TPSA) is 20.2 Å². The van der Waals surface area contributed by atoms with Crippen molar-refractivity contribution in [2.24, 2.45) is 5.92 Å². The first-order chi connectivity index (χ1) is 10.6. The molecule has 116 valence electrons. The predicted molar refractivity (Wildman–Crippen MR) is 88.9 cm³/mol. The molecule has 1 fully saturated rings. The second kappa shape index (κ2) is 6.29. The van der Waals surface area contributed by atoms with E-state index in [0.717, 1.165) is 11.5 Å². The maximum atomic E-state index is 13.7. The molecule has 0 aromatic heterocycles. The quantitative estimate of drug-likeness (QED) is 0.704. The van der Waals surface area contributed by atoms with Crippen LogP contribution in [0, 0.1) is 11.7 Å². The molecule has 2 aromatic rings. The highest BCUT2D eigenvalue weighted by Crippen LogP contribution is 2.38. The summed E-state index contributed by atoms with van der Waals surface area (Å²) in [5.41, 5.74) is 2.84. The molecule has 1 N–H and O–H groups in total. The third kappa shape index (κ3) is 2.98. The van der Waals surface area contributed by atoms with Crippen LogP contribution in [0.15, 0.2) is 36.4 Å². The molecule has 0 saturated heterocycles. The number of aromatic hydroxyl groups is 1. The normalized spacial score (nSPS) is 21.8. The monoisotopic (exact) mass is 318 g/mol. The van der Waals surface area contributed by atoms with Crippen molar-refractivity contribution < 1.29 is 9.50 Å². The van der Waals surface area contributed by atoms with Gasteiger partial charge < -0.3 is 5.11 Å². The van der Waals surface area contributed by atoms with Crippen LogP contribution in [0.1, 0.15) is 44.1 Å². The van der Waals surface area contributed by atoms with Gasteiger partial charge in [-0.1, -0.05) is 55.6 Å². The number of hydrogen-bond acceptors (Lipinski definition) is 1. The van der Waals surface area contributed by atoms with E-state index in [2.05, 4.69) is 19.1 Å². The summed E-state index contributed by atoms with van der Waals surface area (Å²) in [5, 5.41) is 9.32. The smallest absolute Gasteiger partial charge is 0.183 e. The number of phenolic OH excluding ortho intramolecular Hbond substituents is 1. The molecule has 1 aliphatic rings. The Labute approximate surface area is 135 Å². The van der Waals surface area contributed by atoms with Gasteiger partial charge in [-0.3, -0.25) is 0 Å². The second-order valence-electron chi connectivity index (χ2n) is 6.34. The van der Waals surface area contributed by atoms with Crippen LogP contribution >= 0.6 is 11.6 Å². The molecule has 0 radical (unpaired) electrons. The zero-order valence-electron chi connectivity index (χ0n) is 12.7. The third-order valence-electron chi connectivity index (χ3n) is 4.77. The molecule has 2 aromatic carbocycles. The zero-order chi connectivity index (χ0) is 15.7. The van der Waals surface area contributed by atoms with Gasteiger partial charge in [0.2, 0.25) is 0 Å². The molecule has 0 heterocycles. The number of hydrogen-bond donors (Lipinski definition) is 1. The maximum Gasteiger partial charge on any atom is 0.183 e. The Hall–Kier alpha value is -1.54. The molecule has 22 heavy (non-hydrogen) atoms. The van der Waals surface area contributed by atoms with Gasteiger partial charge in [-0.15, -0.1) is 0 Å². The minimum Gasteiger partial charge on any atom is -0.505 e. The standard InChI is InChI=1S/C19H20ClFO/c1-12-2-4-13(5-3-12)14-6-8-15(9-7-14)16-10-11-17(22)19(21)18(16)20/h6-13,22H,2-5H2,1H3. The lowest BCUT2D eigenvalue weighted by Gasteiger charge is -2.26. The van der Waals surface area contributed by atoms with E-state index in [4.69, 9.17) is 11.6 Å². The lowest BCUT2D eigenvalue weighted by molar-refractivity contribution is 0.348. The van der Waals surface area contributed by atoms with Gasteiger partial charge in [-0.25, -0.2) is 4.39 Å². The van der Waals surface area contributed by atoms with E-state index in [1.54, 1.807) is 6.07 Å². The minimum absolute atomic E-state index is 0.0285. The molecule has 0 unspecified atom stereocenters. The Kier molecular flexibility index (Phi) is 4.39. The molecule has 1 aliphatic carbocycles. The highest BCUT2D eigenvalue weighted by Gasteiger charge is 2.20. The Morgan fingerprint density at radius 2 is 1.64 bits per heavy atom. The Morgan fingerprint density at radius 1 is 1.00 bits per heavy atom. The van der Waals surface area contributed by atoms with Crippen molar-refractivity contribution in [3.8, 4) is 16.9 Å². The van der Waals surface area contributed by atoms with Gasteiger partial charge in [0.25, 0.3) is 0 Å². The fourth-order valence-corrected chi connectivity index (χ4v) is 3.56. The average molecular weight is 319 g/mol. The lowest BCUT2D eigenvalue weighted by atomic mass is 9.79. The number of rotatable bonds is 2. The zero-order valence-corrected chi connectivity index (χ0v) is 13.4. The van der Waals surface area contributed by atoms with Crippen LogP contribution in [0.4, 0.5) is 4.39 Å². The third-order valence-corrected chi connectivity index (χ3v) is 5.14. The summed E-state index contributed by atoms with van der Waals surface area (Å²) in [6, 6.07) is 11.2. The SMILES string of the molecule is CC1CCC(c2ccc(-c3ccc(O)c(F)c3Cl)cc2)CC1. The Bertz CT molecular complexity index is 658. The summed E-state index contributed by atoms with van der Waals surface area (Å²) in [6.45, 7) is 2.32. The van der Waals surface area contributed by atoms with E-state index >= 15 is 0 Å². The lowest BCUT2D eigenvalue weighted by Crippen LogP contribution is -2.10. The molecule has 0 atom stereocenters. The Morgan fingerprint density at radius 3 is 2.27 bits per heavy atom. The first-order valence-electron chi connectivity index (χ1n) is 7.83. The van der Waals surface area contributed by atoms with Gasteiger partial charge in [0.15, 0.2) is 11.6 Å². The van der Waals surface area contributed by atoms with Crippen LogP contribution in [0.25, 0.3) is 11.1 Å². The largest absolute Gasteiger partial charge is 0.505 e. The van der Waals surface area contributed by atoms with Gasteiger partial charge in [0.05, 0.1) is 5.02 Å². The van der Waals surface area contributed by atoms with E-state index in [-0.39, 0.29) is 5.02 Å². The predicted octanol–water partition coefficient (Wildman–Crippen LogP) is 6.15. The van der Waals surface area contributed by atoms with E-state index in [9.17, 15) is 9.50 Å².